The van der Waals surface area contributed by atoms with Crippen LogP contribution in [0.1, 0.15) is 12.5 Å². The third kappa shape index (κ3) is 4.71. The molecule has 0 saturated carbocycles. The second kappa shape index (κ2) is 6.26. The first kappa shape index (κ1) is 15.1. The molecule has 0 bridgehead atoms. The predicted molar refractivity (Wildman–Crippen MR) is 66.2 cm³/mol. The van der Waals surface area contributed by atoms with Gasteiger partial charge in [-0.15, -0.1) is 13.2 Å². The third-order valence-corrected chi connectivity index (χ3v) is 2.76. The Balaban J connectivity index is 2.97. The molecule has 0 radical (unpaired) electrons. The van der Waals surface area contributed by atoms with Gasteiger partial charge in [0.05, 0.1) is 16.6 Å². The average Bonchev–Trinajstić information content (AvgIpc) is 2.22. The zero-order valence-electron chi connectivity index (χ0n) is 9.38. The number of esters is 1. The quantitative estimate of drug-likeness (QED) is 0.600. The van der Waals surface area contributed by atoms with E-state index >= 15 is 0 Å². The number of carbonyl (C=O) groups excluding carboxylic acids is 1. The molecule has 0 atom stereocenters. The van der Waals surface area contributed by atoms with Crippen molar-refractivity contribution < 1.29 is 27.4 Å². The van der Waals surface area contributed by atoms with Crippen molar-refractivity contribution in [2.45, 2.75) is 19.7 Å². The molecule has 0 aromatic heterocycles. The molecule has 1 aromatic rings. The van der Waals surface area contributed by atoms with Crippen molar-refractivity contribution in [3.05, 3.63) is 27.3 Å². The summed E-state index contributed by atoms with van der Waals surface area (Å²) in [5, 5.41) is 0. The van der Waals surface area contributed by atoms with Crippen LogP contribution in [0, 0.1) is 3.57 Å². The van der Waals surface area contributed by atoms with Crippen LogP contribution in [0.4, 0.5) is 13.2 Å². The average molecular weight is 374 g/mol. The van der Waals surface area contributed by atoms with Gasteiger partial charge in [-0.1, -0.05) is 12.1 Å². The fourth-order valence-electron chi connectivity index (χ4n) is 1.29. The lowest BCUT2D eigenvalue weighted by Gasteiger charge is -2.14. The summed E-state index contributed by atoms with van der Waals surface area (Å²) in [6.07, 6.45) is -5.04. The molecule has 18 heavy (non-hydrogen) atoms. The van der Waals surface area contributed by atoms with Gasteiger partial charge >= 0.3 is 12.3 Å². The zero-order valence-corrected chi connectivity index (χ0v) is 11.5. The highest BCUT2D eigenvalue weighted by atomic mass is 127. The van der Waals surface area contributed by atoms with Crippen molar-refractivity contribution in [1.82, 2.24) is 0 Å². The van der Waals surface area contributed by atoms with Crippen LogP contribution in [0.5, 0.6) is 5.75 Å². The van der Waals surface area contributed by atoms with Crippen molar-refractivity contribution in [3.63, 3.8) is 0 Å². The number of para-hydroxylation sites is 1. The Labute approximate surface area is 115 Å². The van der Waals surface area contributed by atoms with Gasteiger partial charge in [0.2, 0.25) is 0 Å². The Kier molecular flexibility index (Phi) is 5.24. The molecule has 3 nitrogen and oxygen atoms in total. The largest absolute Gasteiger partial charge is 0.573 e. The van der Waals surface area contributed by atoms with Crippen molar-refractivity contribution in [1.29, 1.82) is 0 Å². The Morgan fingerprint density at radius 1 is 1.39 bits per heavy atom. The van der Waals surface area contributed by atoms with Gasteiger partial charge in [-0.05, 0) is 35.6 Å². The number of carbonyl (C=O) groups is 1. The van der Waals surface area contributed by atoms with Crippen LogP contribution in [-0.4, -0.2) is 18.9 Å². The highest BCUT2D eigenvalue weighted by molar-refractivity contribution is 14.1. The van der Waals surface area contributed by atoms with Crippen LogP contribution in [0.3, 0.4) is 0 Å². The maximum absolute atomic E-state index is 12.2. The Morgan fingerprint density at radius 3 is 2.61 bits per heavy atom. The first-order valence-corrected chi connectivity index (χ1v) is 6.10. The van der Waals surface area contributed by atoms with Gasteiger partial charge in [0.15, 0.2) is 0 Å². The molecule has 0 unspecified atom stereocenters. The van der Waals surface area contributed by atoms with Crippen LogP contribution in [0.2, 0.25) is 0 Å². The summed E-state index contributed by atoms with van der Waals surface area (Å²) in [5.41, 5.74) is 0.151. The molecule has 1 rings (SSSR count). The van der Waals surface area contributed by atoms with Gasteiger partial charge in [-0.3, -0.25) is 4.79 Å². The molecular weight excluding hydrogens is 364 g/mol. The minimum absolute atomic E-state index is 0.151. The Morgan fingerprint density at radius 2 is 2.06 bits per heavy atom. The normalized spacial score (nSPS) is 11.2. The summed E-state index contributed by atoms with van der Waals surface area (Å²) in [7, 11) is 0. The number of hydrogen-bond acceptors (Lipinski definition) is 3. The first-order chi connectivity index (χ1) is 8.33. The van der Waals surface area contributed by atoms with E-state index in [1.807, 2.05) is 0 Å². The summed E-state index contributed by atoms with van der Waals surface area (Å²) in [6, 6.07) is 4.43. The SMILES string of the molecule is CCOC(=O)Cc1cccc(I)c1OC(F)(F)F. The number of rotatable bonds is 4. The summed E-state index contributed by atoms with van der Waals surface area (Å²) < 4.78 is 45.6. The van der Waals surface area contributed by atoms with E-state index in [4.69, 9.17) is 4.74 Å². The van der Waals surface area contributed by atoms with Crippen LogP contribution in [-0.2, 0) is 16.0 Å². The van der Waals surface area contributed by atoms with Gasteiger partial charge < -0.3 is 9.47 Å². The molecule has 0 spiro atoms. The van der Waals surface area contributed by atoms with Gasteiger partial charge in [0.25, 0.3) is 0 Å². The molecule has 0 fully saturated rings. The maximum atomic E-state index is 12.2. The molecule has 0 N–H and O–H groups in total. The van der Waals surface area contributed by atoms with Crippen LogP contribution in [0.25, 0.3) is 0 Å². The summed E-state index contributed by atoms with van der Waals surface area (Å²) in [6.45, 7) is 1.80. The highest BCUT2D eigenvalue weighted by Gasteiger charge is 2.33. The second-order valence-corrected chi connectivity index (χ2v) is 4.42. The van der Waals surface area contributed by atoms with Crippen molar-refractivity contribution in [2.24, 2.45) is 0 Å². The van der Waals surface area contributed by atoms with Crippen molar-refractivity contribution in [3.8, 4) is 5.75 Å². The van der Waals surface area contributed by atoms with Crippen molar-refractivity contribution in [2.75, 3.05) is 6.61 Å². The molecule has 0 amide bonds. The van der Waals surface area contributed by atoms with Gasteiger partial charge in [-0.2, -0.15) is 0 Å². The van der Waals surface area contributed by atoms with E-state index in [-0.39, 0.29) is 27.9 Å². The van der Waals surface area contributed by atoms with E-state index in [1.54, 1.807) is 35.6 Å². The molecule has 0 aliphatic heterocycles. The minimum atomic E-state index is -4.79. The van der Waals surface area contributed by atoms with Gasteiger partial charge in [0.1, 0.15) is 5.75 Å². The fraction of sp³-hybridized carbons (Fsp3) is 0.364. The van der Waals surface area contributed by atoms with Crippen LogP contribution in [0.15, 0.2) is 18.2 Å². The second-order valence-electron chi connectivity index (χ2n) is 3.26. The monoisotopic (exact) mass is 374 g/mol. The third-order valence-electron chi connectivity index (χ3n) is 1.91. The molecule has 0 saturated heterocycles. The number of hydrogen-bond donors (Lipinski definition) is 0. The Bertz CT molecular complexity index is 432. The molecule has 1 aromatic carbocycles. The lowest BCUT2D eigenvalue weighted by molar-refractivity contribution is -0.275. The molecule has 0 aliphatic carbocycles. The maximum Gasteiger partial charge on any atom is 0.573 e. The summed E-state index contributed by atoms with van der Waals surface area (Å²) in [5.74, 6) is -0.940. The first-order valence-electron chi connectivity index (χ1n) is 5.02. The van der Waals surface area contributed by atoms with E-state index in [0.29, 0.717) is 0 Å². The Hall–Kier alpha value is -0.990. The zero-order chi connectivity index (χ0) is 13.8. The smallest absolute Gasteiger partial charge is 0.466 e. The van der Waals surface area contributed by atoms with E-state index in [2.05, 4.69) is 4.74 Å². The lowest BCUT2D eigenvalue weighted by Crippen LogP contribution is -2.20. The summed E-state index contributed by atoms with van der Waals surface area (Å²) in [4.78, 5) is 11.3. The number of halogens is 4. The van der Waals surface area contributed by atoms with E-state index < -0.39 is 12.3 Å². The summed E-state index contributed by atoms with van der Waals surface area (Å²) >= 11 is 1.72. The fourth-order valence-corrected chi connectivity index (χ4v) is 1.95. The molecule has 7 heteroatoms. The van der Waals surface area contributed by atoms with E-state index in [1.165, 1.54) is 12.1 Å². The van der Waals surface area contributed by atoms with Gasteiger partial charge in [0, 0.05) is 5.56 Å². The minimum Gasteiger partial charge on any atom is -0.466 e. The number of benzene rings is 1. The van der Waals surface area contributed by atoms with E-state index in [0.717, 1.165) is 0 Å². The lowest BCUT2D eigenvalue weighted by atomic mass is 10.1. The molecule has 100 valence electrons. The molecular formula is C11H10F3IO3. The van der Waals surface area contributed by atoms with Gasteiger partial charge in [-0.25, -0.2) is 0 Å². The number of ether oxygens (including phenoxy) is 2. The topological polar surface area (TPSA) is 35.5 Å². The molecule has 0 heterocycles. The number of alkyl halides is 3. The highest BCUT2D eigenvalue weighted by Crippen LogP contribution is 2.31. The standard InChI is InChI=1S/C11H10F3IO3/c1-2-17-9(16)6-7-4-3-5-8(15)10(7)18-11(12,13)14/h3-5H,2,6H2,1H3. The predicted octanol–water partition coefficient (Wildman–Crippen LogP) is 3.30. The van der Waals surface area contributed by atoms with E-state index in [9.17, 15) is 18.0 Å². The van der Waals surface area contributed by atoms with Crippen LogP contribution < -0.4 is 4.74 Å². The van der Waals surface area contributed by atoms with Crippen molar-refractivity contribution >= 4 is 28.6 Å². The molecule has 0 aliphatic rings. The van der Waals surface area contributed by atoms with Crippen LogP contribution >= 0.6 is 22.6 Å².